The predicted molar refractivity (Wildman–Crippen MR) is 69.9 cm³/mol. The van der Waals surface area contributed by atoms with Crippen LogP contribution in [0.1, 0.15) is 35.4 Å². The van der Waals surface area contributed by atoms with Crippen LogP contribution in [0.3, 0.4) is 0 Å². The molecule has 1 unspecified atom stereocenters. The van der Waals surface area contributed by atoms with Gasteiger partial charge in [0.15, 0.2) is 0 Å². The van der Waals surface area contributed by atoms with Crippen molar-refractivity contribution in [1.29, 1.82) is 0 Å². The molecule has 0 radical (unpaired) electrons. The average Bonchev–Trinajstić information content (AvgIpc) is 3.17. The zero-order valence-corrected chi connectivity index (χ0v) is 11.4. The minimum atomic E-state index is -0.177. The molecule has 1 atom stereocenters. The van der Waals surface area contributed by atoms with Crippen molar-refractivity contribution >= 4 is 5.97 Å². The van der Waals surface area contributed by atoms with Gasteiger partial charge in [0.05, 0.1) is 20.1 Å². The van der Waals surface area contributed by atoms with Gasteiger partial charge >= 0.3 is 5.97 Å². The molecule has 3 heteroatoms. The van der Waals surface area contributed by atoms with E-state index in [4.69, 9.17) is 9.47 Å². The Morgan fingerprint density at radius 3 is 2.33 bits per heavy atom. The summed E-state index contributed by atoms with van der Waals surface area (Å²) in [6, 6.07) is 4.07. The van der Waals surface area contributed by atoms with Gasteiger partial charge < -0.3 is 9.47 Å². The van der Waals surface area contributed by atoms with Crippen LogP contribution in [0.2, 0.25) is 0 Å². The van der Waals surface area contributed by atoms with Crippen LogP contribution in [0.5, 0.6) is 5.75 Å². The maximum atomic E-state index is 12.0. The third-order valence-electron chi connectivity index (χ3n) is 3.73. The number of methoxy groups -OCH3 is 2. The zero-order chi connectivity index (χ0) is 13.3. The second kappa shape index (κ2) is 5.01. The molecule has 1 fully saturated rings. The van der Waals surface area contributed by atoms with E-state index in [1.54, 1.807) is 7.11 Å². The van der Waals surface area contributed by atoms with Gasteiger partial charge in [-0.1, -0.05) is 6.07 Å². The highest BCUT2D eigenvalue weighted by molar-refractivity contribution is 5.80. The van der Waals surface area contributed by atoms with Crippen molar-refractivity contribution in [3.8, 4) is 5.75 Å². The fraction of sp³-hybridized carbons (Fsp3) is 0.533. The molecule has 0 bridgehead atoms. The molecule has 98 valence electrons. The fourth-order valence-electron chi connectivity index (χ4n) is 2.36. The van der Waals surface area contributed by atoms with Crippen LogP contribution in [0.4, 0.5) is 0 Å². The highest BCUT2D eigenvalue weighted by Gasteiger charge is 2.39. The SMILES string of the molecule is COC(=O)C(c1cc(C)c(C)cc1OC)C1CC1. The summed E-state index contributed by atoms with van der Waals surface area (Å²) in [4.78, 5) is 12.0. The zero-order valence-electron chi connectivity index (χ0n) is 11.4. The van der Waals surface area contributed by atoms with Crippen molar-refractivity contribution in [2.45, 2.75) is 32.6 Å². The van der Waals surface area contributed by atoms with E-state index in [0.29, 0.717) is 5.92 Å². The van der Waals surface area contributed by atoms with Gasteiger partial charge in [-0.15, -0.1) is 0 Å². The number of carbonyl (C=O) groups is 1. The number of hydrogen-bond acceptors (Lipinski definition) is 3. The summed E-state index contributed by atoms with van der Waals surface area (Å²) < 4.78 is 10.4. The number of rotatable bonds is 4. The summed E-state index contributed by atoms with van der Waals surface area (Å²) in [7, 11) is 3.10. The molecule has 1 aliphatic rings. The van der Waals surface area contributed by atoms with Crippen LogP contribution in [0.25, 0.3) is 0 Å². The molecule has 0 heterocycles. The first kappa shape index (κ1) is 12.9. The van der Waals surface area contributed by atoms with E-state index in [0.717, 1.165) is 24.2 Å². The predicted octanol–water partition coefficient (Wildman–Crippen LogP) is 2.98. The lowest BCUT2D eigenvalue weighted by Crippen LogP contribution is -2.17. The lowest BCUT2D eigenvalue weighted by atomic mass is 9.90. The summed E-state index contributed by atoms with van der Waals surface area (Å²) in [6.45, 7) is 4.10. The van der Waals surface area contributed by atoms with Gasteiger partial charge in [-0.05, 0) is 49.8 Å². The topological polar surface area (TPSA) is 35.5 Å². The second-order valence-corrected chi connectivity index (χ2v) is 5.02. The van der Waals surface area contributed by atoms with E-state index in [1.807, 2.05) is 13.0 Å². The number of aryl methyl sites for hydroxylation is 2. The first-order valence-corrected chi connectivity index (χ1v) is 6.31. The van der Waals surface area contributed by atoms with Gasteiger partial charge in [-0.25, -0.2) is 0 Å². The Kier molecular flexibility index (Phi) is 3.60. The highest BCUT2D eigenvalue weighted by Crippen LogP contribution is 2.46. The molecule has 1 aromatic rings. The summed E-state index contributed by atoms with van der Waals surface area (Å²) in [5.41, 5.74) is 3.32. The van der Waals surface area contributed by atoms with Gasteiger partial charge in [0.25, 0.3) is 0 Å². The Hall–Kier alpha value is -1.51. The number of hydrogen-bond donors (Lipinski definition) is 0. The quantitative estimate of drug-likeness (QED) is 0.768. The van der Waals surface area contributed by atoms with E-state index in [2.05, 4.69) is 13.0 Å². The Bertz CT molecular complexity index is 461. The number of benzene rings is 1. The van der Waals surface area contributed by atoms with E-state index < -0.39 is 0 Å². The van der Waals surface area contributed by atoms with Gasteiger partial charge in [-0.3, -0.25) is 4.79 Å². The molecule has 1 aromatic carbocycles. The summed E-state index contributed by atoms with van der Waals surface area (Å²) in [5, 5.41) is 0. The monoisotopic (exact) mass is 248 g/mol. The molecule has 0 N–H and O–H groups in total. The molecule has 0 amide bonds. The van der Waals surface area contributed by atoms with Crippen LogP contribution >= 0.6 is 0 Å². The maximum absolute atomic E-state index is 12.0. The molecular formula is C15H20O3. The molecule has 0 saturated heterocycles. The van der Waals surface area contributed by atoms with E-state index >= 15 is 0 Å². The van der Waals surface area contributed by atoms with Crippen LogP contribution in [-0.4, -0.2) is 20.2 Å². The summed E-state index contributed by atoms with van der Waals surface area (Å²) >= 11 is 0. The highest BCUT2D eigenvalue weighted by atomic mass is 16.5. The Morgan fingerprint density at radius 1 is 1.22 bits per heavy atom. The molecule has 0 aliphatic heterocycles. The molecule has 3 nitrogen and oxygen atoms in total. The van der Waals surface area contributed by atoms with Gasteiger partial charge in [0.2, 0.25) is 0 Å². The van der Waals surface area contributed by atoms with Crippen LogP contribution in [0.15, 0.2) is 12.1 Å². The Morgan fingerprint density at radius 2 is 1.83 bits per heavy atom. The minimum Gasteiger partial charge on any atom is -0.496 e. The first-order chi connectivity index (χ1) is 8.58. The lowest BCUT2D eigenvalue weighted by Gasteiger charge is -2.19. The van der Waals surface area contributed by atoms with Crippen molar-refractivity contribution in [1.82, 2.24) is 0 Å². The van der Waals surface area contributed by atoms with Crippen molar-refractivity contribution in [3.05, 3.63) is 28.8 Å². The number of ether oxygens (including phenoxy) is 2. The van der Waals surface area contributed by atoms with Crippen molar-refractivity contribution in [3.63, 3.8) is 0 Å². The molecule has 2 rings (SSSR count). The summed E-state index contributed by atoms with van der Waals surface area (Å²) in [5.74, 6) is 0.872. The second-order valence-electron chi connectivity index (χ2n) is 5.02. The fourth-order valence-corrected chi connectivity index (χ4v) is 2.36. The standard InChI is InChI=1S/C15H20O3/c1-9-7-12(13(17-3)8-10(9)2)14(11-5-6-11)15(16)18-4/h7-8,11,14H,5-6H2,1-4H3. The number of carbonyl (C=O) groups excluding carboxylic acids is 1. The van der Waals surface area contributed by atoms with Crippen LogP contribution in [0, 0.1) is 19.8 Å². The molecule has 1 saturated carbocycles. The molecule has 18 heavy (non-hydrogen) atoms. The van der Waals surface area contributed by atoms with E-state index in [9.17, 15) is 4.79 Å². The first-order valence-electron chi connectivity index (χ1n) is 6.31. The average molecular weight is 248 g/mol. The normalized spacial score (nSPS) is 16.2. The molecule has 0 spiro atoms. The maximum Gasteiger partial charge on any atom is 0.313 e. The summed E-state index contributed by atoms with van der Waals surface area (Å²) in [6.07, 6.45) is 2.19. The Balaban J connectivity index is 2.46. The third kappa shape index (κ3) is 2.35. The third-order valence-corrected chi connectivity index (χ3v) is 3.73. The van der Waals surface area contributed by atoms with Crippen LogP contribution < -0.4 is 4.74 Å². The van der Waals surface area contributed by atoms with Gasteiger partial charge in [0.1, 0.15) is 5.75 Å². The van der Waals surface area contributed by atoms with Gasteiger partial charge in [0, 0.05) is 5.56 Å². The largest absolute Gasteiger partial charge is 0.496 e. The van der Waals surface area contributed by atoms with Crippen LogP contribution in [-0.2, 0) is 9.53 Å². The molecule has 1 aliphatic carbocycles. The number of esters is 1. The minimum absolute atomic E-state index is 0.154. The van der Waals surface area contributed by atoms with Crippen molar-refractivity contribution < 1.29 is 14.3 Å². The van der Waals surface area contributed by atoms with E-state index in [1.165, 1.54) is 18.2 Å². The molecular weight excluding hydrogens is 228 g/mol. The van der Waals surface area contributed by atoms with E-state index in [-0.39, 0.29) is 11.9 Å². The molecule has 0 aromatic heterocycles. The van der Waals surface area contributed by atoms with Gasteiger partial charge in [-0.2, -0.15) is 0 Å². The lowest BCUT2D eigenvalue weighted by molar-refractivity contribution is -0.143. The van der Waals surface area contributed by atoms with Crippen molar-refractivity contribution in [2.24, 2.45) is 5.92 Å². The smallest absolute Gasteiger partial charge is 0.313 e. The van der Waals surface area contributed by atoms with Crippen molar-refractivity contribution in [2.75, 3.05) is 14.2 Å². The Labute approximate surface area is 108 Å².